The third kappa shape index (κ3) is 5.34. The van der Waals surface area contributed by atoms with Gasteiger partial charge in [-0.1, -0.05) is 18.2 Å². The van der Waals surface area contributed by atoms with E-state index in [2.05, 4.69) is 5.32 Å². The Labute approximate surface area is 218 Å². The Bertz CT molecular complexity index is 1430. The second-order valence-corrected chi connectivity index (χ2v) is 7.89. The molecule has 1 heterocycles. The predicted octanol–water partition coefficient (Wildman–Crippen LogP) is 3.99. The van der Waals surface area contributed by atoms with Crippen LogP contribution in [0.4, 0.5) is 10.5 Å². The number of esters is 1. The molecule has 1 aliphatic rings. The number of imide groups is 2. The number of nitrogens with one attached hydrogen (secondary N) is 1. The summed E-state index contributed by atoms with van der Waals surface area (Å²) in [7, 11) is 2.93. The monoisotopic (exact) mass is 516 g/mol. The first-order chi connectivity index (χ1) is 18.4. The highest BCUT2D eigenvalue weighted by Gasteiger charge is 2.38. The molecule has 0 saturated carbocycles. The molecular weight excluding hydrogens is 492 g/mol. The first-order valence-electron chi connectivity index (χ1n) is 11.5. The molecule has 194 valence electrons. The lowest BCUT2D eigenvalue weighted by Crippen LogP contribution is -2.54. The zero-order valence-electron chi connectivity index (χ0n) is 20.8. The van der Waals surface area contributed by atoms with Gasteiger partial charge in [-0.3, -0.25) is 14.9 Å². The van der Waals surface area contributed by atoms with Gasteiger partial charge in [0.15, 0.2) is 11.5 Å². The number of carbonyl (C=O) groups excluding carboxylic acids is 4. The minimum absolute atomic E-state index is 0.153. The van der Waals surface area contributed by atoms with Gasteiger partial charge in [-0.05, 0) is 67.1 Å². The van der Waals surface area contributed by atoms with E-state index >= 15 is 0 Å². The van der Waals surface area contributed by atoms with Gasteiger partial charge in [0.1, 0.15) is 17.1 Å². The molecule has 0 unspecified atom stereocenters. The molecule has 0 radical (unpaired) electrons. The molecule has 3 aromatic rings. The number of ether oxygens (including phenoxy) is 4. The molecule has 0 aliphatic carbocycles. The Morgan fingerprint density at radius 3 is 2.32 bits per heavy atom. The molecule has 38 heavy (non-hydrogen) atoms. The molecule has 1 saturated heterocycles. The van der Waals surface area contributed by atoms with E-state index < -0.39 is 23.8 Å². The lowest BCUT2D eigenvalue weighted by atomic mass is 10.1. The number of hydrogen-bond acceptors (Lipinski definition) is 8. The standard InChI is InChI=1S/C28H24N2O8/c1-4-37-24-16-17(9-14-23(24)38-27(33)18-10-12-19(35-2)13-11-18)15-20-25(31)29-28(34)30(26(20)32)21-7-5-6-8-22(21)36-3/h5-16H,4H2,1-3H3,(H,29,31,34)/b20-15+. The fourth-order valence-electron chi connectivity index (χ4n) is 3.71. The molecule has 0 aromatic heterocycles. The van der Waals surface area contributed by atoms with Gasteiger partial charge in [-0.15, -0.1) is 0 Å². The Morgan fingerprint density at radius 2 is 1.63 bits per heavy atom. The van der Waals surface area contributed by atoms with Crippen molar-refractivity contribution >= 4 is 35.6 Å². The lowest BCUT2D eigenvalue weighted by molar-refractivity contribution is -0.122. The van der Waals surface area contributed by atoms with Crippen LogP contribution in [0.3, 0.4) is 0 Å². The summed E-state index contributed by atoms with van der Waals surface area (Å²) in [6.07, 6.45) is 1.32. The van der Waals surface area contributed by atoms with Gasteiger partial charge in [0, 0.05) is 0 Å². The lowest BCUT2D eigenvalue weighted by Gasteiger charge is -2.27. The number of nitrogens with zero attached hydrogens (tertiary/aromatic N) is 1. The zero-order valence-corrected chi connectivity index (χ0v) is 20.8. The highest BCUT2D eigenvalue weighted by molar-refractivity contribution is 6.39. The van der Waals surface area contributed by atoms with E-state index in [0.29, 0.717) is 16.9 Å². The maximum atomic E-state index is 13.3. The van der Waals surface area contributed by atoms with Crippen molar-refractivity contribution in [3.8, 4) is 23.0 Å². The van der Waals surface area contributed by atoms with Gasteiger partial charge in [0.25, 0.3) is 11.8 Å². The Balaban J connectivity index is 1.64. The van der Waals surface area contributed by atoms with Crippen molar-refractivity contribution in [2.75, 3.05) is 25.7 Å². The van der Waals surface area contributed by atoms with Crippen LogP contribution in [-0.2, 0) is 9.59 Å². The molecule has 10 heteroatoms. The number of rotatable bonds is 8. The van der Waals surface area contributed by atoms with Crippen molar-refractivity contribution < 1.29 is 38.1 Å². The maximum Gasteiger partial charge on any atom is 0.343 e. The van der Waals surface area contributed by atoms with Crippen molar-refractivity contribution in [2.24, 2.45) is 0 Å². The van der Waals surface area contributed by atoms with Gasteiger partial charge in [0.05, 0.1) is 32.1 Å². The molecule has 4 amide bonds. The highest BCUT2D eigenvalue weighted by Crippen LogP contribution is 2.33. The van der Waals surface area contributed by atoms with Crippen LogP contribution in [0.1, 0.15) is 22.8 Å². The molecule has 0 bridgehead atoms. The molecule has 1 aliphatic heterocycles. The first-order valence-corrected chi connectivity index (χ1v) is 11.5. The number of para-hydroxylation sites is 2. The topological polar surface area (TPSA) is 120 Å². The van der Waals surface area contributed by atoms with E-state index in [4.69, 9.17) is 18.9 Å². The van der Waals surface area contributed by atoms with Crippen LogP contribution in [0, 0.1) is 0 Å². The SMILES string of the molecule is CCOc1cc(/C=C2\C(=O)NC(=O)N(c3ccccc3OC)C2=O)ccc1OC(=O)c1ccc(OC)cc1. The summed E-state index contributed by atoms with van der Waals surface area (Å²) in [4.78, 5) is 51.8. The van der Waals surface area contributed by atoms with Crippen molar-refractivity contribution in [2.45, 2.75) is 6.92 Å². The molecule has 1 N–H and O–H groups in total. The molecule has 10 nitrogen and oxygen atoms in total. The van der Waals surface area contributed by atoms with Crippen molar-refractivity contribution in [3.63, 3.8) is 0 Å². The van der Waals surface area contributed by atoms with E-state index in [-0.39, 0.29) is 35.1 Å². The van der Waals surface area contributed by atoms with Crippen molar-refractivity contribution in [3.05, 3.63) is 83.4 Å². The number of carbonyl (C=O) groups is 4. The fraction of sp³-hybridized carbons (Fsp3) is 0.143. The number of benzene rings is 3. The highest BCUT2D eigenvalue weighted by atomic mass is 16.6. The Kier molecular flexibility index (Phi) is 7.72. The fourth-order valence-corrected chi connectivity index (χ4v) is 3.71. The van der Waals surface area contributed by atoms with Crippen LogP contribution < -0.4 is 29.2 Å². The second-order valence-electron chi connectivity index (χ2n) is 7.89. The van der Waals surface area contributed by atoms with Crippen LogP contribution in [0.25, 0.3) is 6.08 Å². The third-order valence-corrected chi connectivity index (χ3v) is 5.53. The van der Waals surface area contributed by atoms with Crippen LogP contribution in [0.5, 0.6) is 23.0 Å². The van der Waals surface area contributed by atoms with Crippen LogP contribution in [0.15, 0.2) is 72.3 Å². The maximum absolute atomic E-state index is 13.3. The van der Waals surface area contributed by atoms with Gasteiger partial charge < -0.3 is 18.9 Å². The Morgan fingerprint density at radius 1 is 0.895 bits per heavy atom. The van der Waals surface area contributed by atoms with Gasteiger partial charge in [-0.2, -0.15) is 0 Å². The summed E-state index contributed by atoms with van der Waals surface area (Å²) in [5.41, 5.74) is 0.628. The van der Waals surface area contributed by atoms with Gasteiger partial charge >= 0.3 is 12.0 Å². The quantitative estimate of drug-likeness (QED) is 0.207. The normalized spacial score (nSPS) is 14.2. The van der Waals surface area contributed by atoms with E-state index in [1.54, 1.807) is 55.5 Å². The molecule has 0 spiro atoms. The Hall–Kier alpha value is -5.12. The zero-order chi connectivity index (χ0) is 27.2. The number of methoxy groups -OCH3 is 2. The van der Waals surface area contributed by atoms with Gasteiger partial charge in [-0.25, -0.2) is 14.5 Å². The summed E-state index contributed by atoms with van der Waals surface area (Å²) < 4.78 is 21.5. The smallest absolute Gasteiger partial charge is 0.343 e. The van der Waals surface area contributed by atoms with Crippen LogP contribution in [-0.4, -0.2) is 44.6 Å². The number of urea groups is 1. The molecule has 4 rings (SSSR count). The van der Waals surface area contributed by atoms with E-state index in [9.17, 15) is 19.2 Å². The summed E-state index contributed by atoms with van der Waals surface area (Å²) in [6, 6.07) is 16.6. The summed E-state index contributed by atoms with van der Waals surface area (Å²) >= 11 is 0. The third-order valence-electron chi connectivity index (χ3n) is 5.53. The number of anilines is 1. The number of amides is 4. The summed E-state index contributed by atoms with van der Waals surface area (Å²) in [6.45, 7) is 2.03. The minimum atomic E-state index is -0.891. The van der Waals surface area contributed by atoms with Gasteiger partial charge in [0.2, 0.25) is 0 Å². The molecular formula is C28H24N2O8. The van der Waals surface area contributed by atoms with Crippen molar-refractivity contribution in [1.29, 1.82) is 0 Å². The van der Waals surface area contributed by atoms with Crippen molar-refractivity contribution in [1.82, 2.24) is 5.32 Å². The summed E-state index contributed by atoms with van der Waals surface area (Å²) in [5.74, 6) is -1.01. The minimum Gasteiger partial charge on any atom is -0.497 e. The predicted molar refractivity (Wildman–Crippen MR) is 138 cm³/mol. The number of hydrogen-bond donors (Lipinski definition) is 1. The largest absolute Gasteiger partial charge is 0.497 e. The first kappa shape index (κ1) is 26.0. The van der Waals surface area contributed by atoms with Crippen LogP contribution >= 0.6 is 0 Å². The van der Waals surface area contributed by atoms with Crippen LogP contribution in [0.2, 0.25) is 0 Å². The van der Waals surface area contributed by atoms with E-state index in [1.165, 1.54) is 38.5 Å². The average Bonchev–Trinajstić information content (AvgIpc) is 2.92. The van der Waals surface area contributed by atoms with E-state index in [0.717, 1.165) is 4.90 Å². The van der Waals surface area contributed by atoms with E-state index in [1.807, 2.05) is 0 Å². The average molecular weight is 517 g/mol. The molecule has 3 aromatic carbocycles. The number of barbiturate groups is 1. The molecule has 1 fully saturated rings. The second kappa shape index (κ2) is 11.3. The summed E-state index contributed by atoms with van der Waals surface area (Å²) in [5, 5.41) is 2.18. The molecule has 0 atom stereocenters.